The Balaban J connectivity index is 1.46. The van der Waals surface area contributed by atoms with Crippen LogP contribution in [0.1, 0.15) is 25.3 Å². The molecule has 0 aliphatic carbocycles. The highest BCUT2D eigenvalue weighted by atomic mass is 16.6. The van der Waals surface area contributed by atoms with Crippen LogP contribution in [0.2, 0.25) is 0 Å². The number of rotatable bonds is 6. The molecule has 2 aromatic carbocycles. The van der Waals surface area contributed by atoms with Crippen LogP contribution in [0.5, 0.6) is 17.2 Å². The Morgan fingerprint density at radius 2 is 1.88 bits per heavy atom. The van der Waals surface area contributed by atoms with E-state index in [1.165, 1.54) is 0 Å². The van der Waals surface area contributed by atoms with E-state index in [1.807, 2.05) is 48.5 Å². The molecule has 5 nitrogen and oxygen atoms in total. The molecule has 132 valence electrons. The van der Waals surface area contributed by atoms with Gasteiger partial charge in [-0.2, -0.15) is 0 Å². The first-order chi connectivity index (χ1) is 12.1. The molecular formula is C20H23NO4. The number of para-hydroxylation sites is 3. The van der Waals surface area contributed by atoms with Gasteiger partial charge in [0.15, 0.2) is 18.1 Å². The zero-order valence-electron chi connectivity index (χ0n) is 14.5. The smallest absolute Gasteiger partial charge is 0.258 e. The van der Waals surface area contributed by atoms with E-state index in [1.54, 1.807) is 0 Å². The Bertz CT molecular complexity index is 729. The fourth-order valence-corrected chi connectivity index (χ4v) is 2.67. The Morgan fingerprint density at radius 3 is 2.68 bits per heavy atom. The summed E-state index contributed by atoms with van der Waals surface area (Å²) >= 11 is 0. The highest BCUT2D eigenvalue weighted by Gasteiger charge is 2.21. The SMILES string of the molecule is CC(C)c1ccccc1OCC(=O)NC[C@@H]1COc2ccccc2O1. The lowest BCUT2D eigenvalue weighted by molar-refractivity contribution is -0.123. The van der Waals surface area contributed by atoms with Crippen molar-refractivity contribution in [2.75, 3.05) is 19.8 Å². The third kappa shape index (κ3) is 4.44. The molecule has 1 amide bonds. The number of ether oxygens (including phenoxy) is 3. The maximum Gasteiger partial charge on any atom is 0.258 e. The van der Waals surface area contributed by atoms with E-state index in [2.05, 4.69) is 19.2 Å². The number of carbonyl (C=O) groups is 1. The predicted octanol–water partition coefficient (Wildman–Crippen LogP) is 3.15. The van der Waals surface area contributed by atoms with Crippen LogP contribution in [0.3, 0.4) is 0 Å². The van der Waals surface area contributed by atoms with Gasteiger partial charge in [-0.3, -0.25) is 4.79 Å². The minimum Gasteiger partial charge on any atom is -0.486 e. The number of amides is 1. The van der Waals surface area contributed by atoms with Gasteiger partial charge >= 0.3 is 0 Å². The molecule has 0 saturated heterocycles. The summed E-state index contributed by atoms with van der Waals surface area (Å²) in [6.07, 6.45) is -0.207. The van der Waals surface area contributed by atoms with Crippen LogP contribution >= 0.6 is 0 Å². The van der Waals surface area contributed by atoms with Gasteiger partial charge in [-0.05, 0) is 29.7 Å². The summed E-state index contributed by atoms with van der Waals surface area (Å²) in [6.45, 7) is 4.96. The number of benzene rings is 2. The number of nitrogens with one attached hydrogen (secondary N) is 1. The van der Waals surface area contributed by atoms with Crippen molar-refractivity contribution in [2.45, 2.75) is 25.9 Å². The average molecular weight is 341 g/mol. The first kappa shape index (κ1) is 17.1. The van der Waals surface area contributed by atoms with Crippen molar-refractivity contribution in [3.8, 4) is 17.2 Å². The van der Waals surface area contributed by atoms with E-state index >= 15 is 0 Å². The predicted molar refractivity (Wildman–Crippen MR) is 95.4 cm³/mol. The number of carbonyl (C=O) groups excluding carboxylic acids is 1. The van der Waals surface area contributed by atoms with E-state index in [0.717, 1.165) is 17.1 Å². The average Bonchev–Trinajstić information content (AvgIpc) is 2.64. The van der Waals surface area contributed by atoms with Crippen molar-refractivity contribution in [3.05, 3.63) is 54.1 Å². The zero-order chi connectivity index (χ0) is 17.6. The molecule has 0 unspecified atom stereocenters. The monoisotopic (exact) mass is 341 g/mol. The highest BCUT2D eigenvalue weighted by Crippen LogP contribution is 2.30. The van der Waals surface area contributed by atoms with E-state index in [4.69, 9.17) is 14.2 Å². The van der Waals surface area contributed by atoms with Crippen molar-refractivity contribution in [2.24, 2.45) is 0 Å². The molecule has 0 bridgehead atoms. The lowest BCUT2D eigenvalue weighted by atomic mass is 10.0. The van der Waals surface area contributed by atoms with Crippen molar-refractivity contribution >= 4 is 5.91 Å². The van der Waals surface area contributed by atoms with E-state index in [0.29, 0.717) is 24.8 Å². The van der Waals surface area contributed by atoms with Crippen LogP contribution in [-0.2, 0) is 4.79 Å². The Labute approximate surface area is 147 Å². The molecule has 0 spiro atoms. The van der Waals surface area contributed by atoms with Gasteiger partial charge in [-0.1, -0.05) is 44.2 Å². The maximum absolute atomic E-state index is 12.1. The summed E-state index contributed by atoms with van der Waals surface area (Å²) in [5, 5.41) is 2.83. The summed E-state index contributed by atoms with van der Waals surface area (Å²) in [6, 6.07) is 15.3. The second kappa shape index (κ2) is 7.92. The molecule has 0 aromatic heterocycles. The molecule has 3 rings (SSSR count). The van der Waals surface area contributed by atoms with E-state index < -0.39 is 0 Å². The van der Waals surface area contributed by atoms with Gasteiger partial charge in [0.25, 0.3) is 5.91 Å². The molecule has 1 atom stereocenters. The third-order valence-electron chi connectivity index (χ3n) is 3.99. The van der Waals surface area contributed by atoms with Crippen LogP contribution in [0.4, 0.5) is 0 Å². The molecule has 0 saturated carbocycles. The topological polar surface area (TPSA) is 56.8 Å². The Hall–Kier alpha value is -2.69. The van der Waals surface area contributed by atoms with Gasteiger partial charge in [-0.25, -0.2) is 0 Å². The minimum atomic E-state index is -0.207. The molecule has 2 aromatic rings. The molecule has 0 radical (unpaired) electrons. The molecule has 1 aliphatic heterocycles. The second-order valence-corrected chi connectivity index (χ2v) is 6.28. The van der Waals surface area contributed by atoms with Crippen molar-refractivity contribution in [3.63, 3.8) is 0 Å². The normalized spacial score (nSPS) is 15.7. The molecule has 1 heterocycles. The molecule has 1 aliphatic rings. The van der Waals surface area contributed by atoms with Crippen LogP contribution in [0.15, 0.2) is 48.5 Å². The van der Waals surface area contributed by atoms with Crippen molar-refractivity contribution in [1.29, 1.82) is 0 Å². The van der Waals surface area contributed by atoms with Gasteiger partial charge in [0.05, 0.1) is 6.54 Å². The van der Waals surface area contributed by atoms with Gasteiger partial charge in [0.1, 0.15) is 18.5 Å². The van der Waals surface area contributed by atoms with Crippen LogP contribution in [0, 0.1) is 0 Å². The van der Waals surface area contributed by atoms with Gasteiger partial charge in [0, 0.05) is 0 Å². The summed E-state index contributed by atoms with van der Waals surface area (Å²) in [4.78, 5) is 12.1. The van der Waals surface area contributed by atoms with Gasteiger partial charge in [0.2, 0.25) is 0 Å². The minimum absolute atomic E-state index is 0.0199. The second-order valence-electron chi connectivity index (χ2n) is 6.28. The van der Waals surface area contributed by atoms with E-state index in [9.17, 15) is 4.79 Å². The summed E-state index contributed by atoms with van der Waals surface area (Å²) < 4.78 is 17.1. The summed E-state index contributed by atoms with van der Waals surface area (Å²) in [5.41, 5.74) is 1.09. The highest BCUT2D eigenvalue weighted by molar-refractivity contribution is 5.77. The molecule has 5 heteroatoms. The Kier molecular flexibility index (Phi) is 5.43. The largest absolute Gasteiger partial charge is 0.486 e. The van der Waals surface area contributed by atoms with Crippen molar-refractivity contribution < 1.29 is 19.0 Å². The molecule has 25 heavy (non-hydrogen) atoms. The maximum atomic E-state index is 12.1. The van der Waals surface area contributed by atoms with Crippen molar-refractivity contribution in [1.82, 2.24) is 5.32 Å². The molecule has 0 fully saturated rings. The first-order valence-corrected chi connectivity index (χ1v) is 8.50. The third-order valence-corrected chi connectivity index (χ3v) is 3.99. The number of fused-ring (bicyclic) bond motifs is 1. The van der Waals surface area contributed by atoms with Crippen LogP contribution < -0.4 is 19.5 Å². The lowest BCUT2D eigenvalue weighted by Gasteiger charge is -2.26. The lowest BCUT2D eigenvalue weighted by Crippen LogP contribution is -2.42. The van der Waals surface area contributed by atoms with Gasteiger partial charge < -0.3 is 19.5 Å². The quantitative estimate of drug-likeness (QED) is 0.877. The van der Waals surface area contributed by atoms with Crippen LogP contribution in [-0.4, -0.2) is 31.8 Å². The fourth-order valence-electron chi connectivity index (χ4n) is 2.67. The summed E-state index contributed by atoms with van der Waals surface area (Å²) in [5.74, 6) is 2.35. The van der Waals surface area contributed by atoms with Gasteiger partial charge in [-0.15, -0.1) is 0 Å². The zero-order valence-corrected chi connectivity index (χ0v) is 14.5. The van der Waals surface area contributed by atoms with Crippen LogP contribution in [0.25, 0.3) is 0 Å². The number of hydrogen-bond acceptors (Lipinski definition) is 4. The fraction of sp³-hybridized carbons (Fsp3) is 0.350. The summed E-state index contributed by atoms with van der Waals surface area (Å²) in [7, 11) is 0. The number of hydrogen-bond donors (Lipinski definition) is 1. The molecular weight excluding hydrogens is 318 g/mol. The Morgan fingerprint density at radius 1 is 1.16 bits per heavy atom. The standard InChI is InChI=1S/C20H23NO4/c1-14(2)16-7-3-4-8-17(16)24-13-20(22)21-11-15-12-23-18-9-5-6-10-19(18)25-15/h3-10,14-15H,11-13H2,1-2H3,(H,21,22)/t15-/m1/s1. The first-order valence-electron chi connectivity index (χ1n) is 8.50. The van der Waals surface area contributed by atoms with E-state index in [-0.39, 0.29) is 18.6 Å². The molecule has 1 N–H and O–H groups in total.